The lowest BCUT2D eigenvalue weighted by Crippen LogP contribution is -2.28. The predicted molar refractivity (Wildman–Crippen MR) is 87.2 cm³/mol. The summed E-state index contributed by atoms with van der Waals surface area (Å²) in [6.45, 7) is 1.16. The van der Waals surface area contributed by atoms with E-state index in [0.717, 1.165) is 30.5 Å². The first kappa shape index (κ1) is 14.9. The van der Waals surface area contributed by atoms with E-state index < -0.39 is 5.97 Å². The maximum absolute atomic E-state index is 12.6. The molecule has 24 heavy (non-hydrogen) atoms. The molecule has 1 atom stereocenters. The minimum atomic E-state index is -0.920. The van der Waals surface area contributed by atoms with Gasteiger partial charge in [-0.3, -0.25) is 9.89 Å². The fraction of sp³-hybridized carbons (Fsp3) is 0.389. The van der Waals surface area contributed by atoms with Gasteiger partial charge >= 0.3 is 5.97 Å². The van der Waals surface area contributed by atoms with Gasteiger partial charge in [0.05, 0.1) is 5.56 Å². The molecule has 6 heteroatoms. The highest BCUT2D eigenvalue weighted by atomic mass is 16.4. The number of carbonyl (C=O) groups is 2. The molecule has 1 aliphatic heterocycles. The number of nitrogens with one attached hydrogen (secondary N) is 1. The van der Waals surface area contributed by atoms with Gasteiger partial charge in [-0.25, -0.2) is 4.79 Å². The van der Waals surface area contributed by atoms with Gasteiger partial charge in [-0.1, -0.05) is 18.2 Å². The van der Waals surface area contributed by atoms with Crippen molar-refractivity contribution in [2.24, 2.45) is 0 Å². The number of aromatic nitrogens is 2. The Kier molecular flexibility index (Phi) is 3.59. The van der Waals surface area contributed by atoms with E-state index in [-0.39, 0.29) is 11.8 Å². The van der Waals surface area contributed by atoms with Gasteiger partial charge in [0.2, 0.25) is 0 Å². The molecular formula is C18H19N3O3. The summed E-state index contributed by atoms with van der Waals surface area (Å²) in [6, 6.07) is 8.91. The van der Waals surface area contributed by atoms with Crippen LogP contribution in [-0.2, 0) is 0 Å². The van der Waals surface area contributed by atoms with Crippen LogP contribution in [0.5, 0.6) is 0 Å². The van der Waals surface area contributed by atoms with E-state index in [1.165, 1.54) is 0 Å². The number of carbonyl (C=O) groups excluding carboxylic acids is 1. The van der Waals surface area contributed by atoms with Gasteiger partial charge in [-0.05, 0) is 37.0 Å². The number of hydrogen-bond donors (Lipinski definition) is 2. The number of nitrogens with zero attached hydrogens (tertiary/aromatic N) is 2. The SMILES string of the molecule is O=C(O)c1ccccc1[C@H]1CCN(C(=O)c2cc(C3CC3)[nH]n2)C1. The van der Waals surface area contributed by atoms with Crippen LogP contribution in [0.25, 0.3) is 0 Å². The van der Waals surface area contributed by atoms with Crippen molar-refractivity contribution in [1.29, 1.82) is 0 Å². The molecule has 1 aliphatic carbocycles. The third kappa shape index (κ3) is 2.68. The van der Waals surface area contributed by atoms with Gasteiger partial charge in [0, 0.05) is 30.6 Å². The molecule has 2 fully saturated rings. The second-order valence-electron chi connectivity index (χ2n) is 6.61. The summed E-state index contributed by atoms with van der Waals surface area (Å²) in [7, 11) is 0. The van der Waals surface area contributed by atoms with Crippen LogP contribution in [-0.4, -0.2) is 45.2 Å². The number of amides is 1. The van der Waals surface area contributed by atoms with Crippen LogP contribution >= 0.6 is 0 Å². The Labute approximate surface area is 139 Å². The van der Waals surface area contributed by atoms with E-state index in [4.69, 9.17) is 0 Å². The Morgan fingerprint density at radius 2 is 1.96 bits per heavy atom. The zero-order valence-corrected chi connectivity index (χ0v) is 13.2. The first-order chi connectivity index (χ1) is 11.6. The molecule has 1 aromatic carbocycles. The summed E-state index contributed by atoms with van der Waals surface area (Å²) >= 11 is 0. The summed E-state index contributed by atoms with van der Waals surface area (Å²) in [5.74, 6) is -0.402. The summed E-state index contributed by atoms with van der Waals surface area (Å²) in [4.78, 5) is 25.8. The second-order valence-corrected chi connectivity index (χ2v) is 6.61. The molecular weight excluding hydrogens is 306 g/mol. The molecule has 2 heterocycles. The largest absolute Gasteiger partial charge is 0.478 e. The van der Waals surface area contributed by atoms with Crippen molar-refractivity contribution in [3.05, 3.63) is 52.8 Å². The Bertz CT molecular complexity index is 794. The highest BCUT2D eigenvalue weighted by Gasteiger charge is 2.32. The van der Waals surface area contributed by atoms with Crippen molar-refractivity contribution in [1.82, 2.24) is 15.1 Å². The van der Waals surface area contributed by atoms with Crippen molar-refractivity contribution < 1.29 is 14.7 Å². The minimum absolute atomic E-state index is 0.0584. The molecule has 4 rings (SSSR count). The fourth-order valence-electron chi connectivity index (χ4n) is 3.46. The molecule has 1 saturated heterocycles. The van der Waals surface area contributed by atoms with Crippen LogP contribution in [0.15, 0.2) is 30.3 Å². The van der Waals surface area contributed by atoms with Crippen LogP contribution < -0.4 is 0 Å². The van der Waals surface area contributed by atoms with E-state index in [9.17, 15) is 14.7 Å². The number of likely N-dealkylation sites (tertiary alicyclic amines) is 1. The van der Waals surface area contributed by atoms with Crippen LogP contribution in [0, 0.1) is 0 Å². The Balaban J connectivity index is 1.49. The average Bonchev–Trinajstić information content (AvgIpc) is 3.13. The summed E-state index contributed by atoms with van der Waals surface area (Å²) in [5.41, 5.74) is 2.64. The topological polar surface area (TPSA) is 86.3 Å². The Morgan fingerprint density at radius 3 is 2.71 bits per heavy atom. The van der Waals surface area contributed by atoms with Gasteiger partial charge in [0.25, 0.3) is 5.91 Å². The fourth-order valence-corrected chi connectivity index (χ4v) is 3.46. The molecule has 0 unspecified atom stereocenters. The Morgan fingerprint density at radius 1 is 1.17 bits per heavy atom. The molecule has 2 aromatic rings. The third-order valence-corrected chi connectivity index (χ3v) is 4.94. The van der Waals surface area contributed by atoms with Crippen LogP contribution in [0.2, 0.25) is 0 Å². The summed E-state index contributed by atoms with van der Waals surface area (Å²) < 4.78 is 0. The number of hydrogen-bond acceptors (Lipinski definition) is 3. The van der Waals surface area contributed by atoms with Crippen LogP contribution in [0.1, 0.15) is 63.2 Å². The van der Waals surface area contributed by atoms with Gasteiger partial charge in [-0.15, -0.1) is 0 Å². The monoisotopic (exact) mass is 325 g/mol. The maximum atomic E-state index is 12.6. The minimum Gasteiger partial charge on any atom is -0.478 e. The lowest BCUT2D eigenvalue weighted by Gasteiger charge is -2.16. The number of aromatic amines is 1. The first-order valence-corrected chi connectivity index (χ1v) is 8.30. The number of aromatic carboxylic acids is 1. The molecule has 0 bridgehead atoms. The number of carboxylic acid groups (broad SMARTS) is 1. The zero-order valence-electron chi connectivity index (χ0n) is 13.2. The lowest BCUT2D eigenvalue weighted by molar-refractivity contribution is 0.0695. The molecule has 1 aromatic heterocycles. The highest BCUT2D eigenvalue weighted by Crippen LogP contribution is 2.39. The molecule has 124 valence electrons. The van der Waals surface area contributed by atoms with Gasteiger partial charge < -0.3 is 10.0 Å². The number of rotatable bonds is 4. The summed E-state index contributed by atoms with van der Waals surface area (Å²) in [6.07, 6.45) is 3.09. The van der Waals surface area contributed by atoms with Crippen LogP contribution in [0.4, 0.5) is 0 Å². The molecule has 2 N–H and O–H groups in total. The van der Waals surface area contributed by atoms with Gasteiger partial charge in [-0.2, -0.15) is 5.10 Å². The molecule has 6 nitrogen and oxygen atoms in total. The van der Waals surface area contributed by atoms with E-state index in [0.29, 0.717) is 30.3 Å². The second kappa shape index (κ2) is 5.78. The third-order valence-electron chi connectivity index (χ3n) is 4.94. The predicted octanol–water partition coefficient (Wildman–Crippen LogP) is 2.62. The summed E-state index contributed by atoms with van der Waals surface area (Å²) in [5, 5.41) is 16.5. The molecule has 0 radical (unpaired) electrons. The number of benzene rings is 1. The first-order valence-electron chi connectivity index (χ1n) is 8.30. The van der Waals surface area contributed by atoms with Crippen molar-refractivity contribution in [3.8, 4) is 0 Å². The van der Waals surface area contributed by atoms with Crippen molar-refractivity contribution in [3.63, 3.8) is 0 Å². The number of carboxylic acids is 1. The van der Waals surface area contributed by atoms with Gasteiger partial charge in [0.1, 0.15) is 5.69 Å². The smallest absolute Gasteiger partial charge is 0.335 e. The zero-order chi connectivity index (χ0) is 16.7. The quantitative estimate of drug-likeness (QED) is 0.905. The molecule has 1 amide bonds. The highest BCUT2D eigenvalue weighted by molar-refractivity contribution is 5.93. The van der Waals surface area contributed by atoms with Gasteiger partial charge in [0.15, 0.2) is 0 Å². The molecule has 2 aliphatic rings. The number of H-pyrrole nitrogens is 1. The van der Waals surface area contributed by atoms with Crippen molar-refractivity contribution in [2.45, 2.75) is 31.1 Å². The maximum Gasteiger partial charge on any atom is 0.335 e. The average molecular weight is 325 g/mol. The normalized spacial score (nSPS) is 20.3. The molecule has 1 saturated carbocycles. The van der Waals surface area contributed by atoms with Crippen molar-refractivity contribution >= 4 is 11.9 Å². The lowest BCUT2D eigenvalue weighted by atomic mass is 9.93. The Hall–Kier alpha value is -2.63. The van der Waals surface area contributed by atoms with E-state index in [1.807, 2.05) is 18.2 Å². The van der Waals surface area contributed by atoms with E-state index in [2.05, 4.69) is 10.2 Å². The standard InChI is InChI=1S/C18H19N3O3/c22-17(16-9-15(19-20-16)11-5-6-11)21-8-7-12(10-21)13-3-1-2-4-14(13)18(23)24/h1-4,9,11-12H,5-8,10H2,(H,19,20)(H,23,24)/t12-/m0/s1. The van der Waals surface area contributed by atoms with E-state index in [1.54, 1.807) is 17.0 Å². The van der Waals surface area contributed by atoms with E-state index >= 15 is 0 Å². The molecule has 0 spiro atoms. The van der Waals surface area contributed by atoms with Crippen molar-refractivity contribution in [2.75, 3.05) is 13.1 Å². The van der Waals surface area contributed by atoms with Crippen LogP contribution in [0.3, 0.4) is 0 Å².